The summed E-state index contributed by atoms with van der Waals surface area (Å²) in [5.41, 5.74) is 2.11. The zero-order valence-electron chi connectivity index (χ0n) is 9.60. The summed E-state index contributed by atoms with van der Waals surface area (Å²) in [6, 6.07) is 11.6. The van der Waals surface area contributed by atoms with E-state index >= 15 is 0 Å². The Morgan fingerprint density at radius 3 is 2.69 bits per heavy atom. The molecule has 1 unspecified atom stereocenters. The lowest BCUT2D eigenvalue weighted by atomic mass is 10.0. The summed E-state index contributed by atoms with van der Waals surface area (Å²) in [5, 5.41) is 10.1. The molecule has 0 bridgehead atoms. The summed E-state index contributed by atoms with van der Waals surface area (Å²) < 4.78 is 5.42. The van der Waals surface area contributed by atoms with Gasteiger partial charge in [-0.1, -0.05) is 31.2 Å². The Bertz CT molecular complexity index is 471. The van der Waals surface area contributed by atoms with Gasteiger partial charge in [0, 0.05) is 0 Å². The number of hydrogen-bond acceptors (Lipinski definition) is 2. The van der Waals surface area contributed by atoms with E-state index in [-0.39, 0.29) is 0 Å². The number of furan rings is 1. The minimum Gasteiger partial charge on any atom is -0.463 e. The van der Waals surface area contributed by atoms with E-state index in [9.17, 15) is 5.11 Å². The van der Waals surface area contributed by atoms with Crippen molar-refractivity contribution in [3.05, 3.63) is 59.0 Å². The molecule has 2 aromatic rings. The predicted octanol–water partition coefficient (Wildman–Crippen LogP) is 3.23. The molecule has 0 amide bonds. The summed E-state index contributed by atoms with van der Waals surface area (Å²) in [7, 11) is 0. The molecule has 0 radical (unpaired) electrons. The van der Waals surface area contributed by atoms with E-state index in [1.54, 1.807) is 0 Å². The molecule has 0 spiro atoms. The minimum absolute atomic E-state index is 0.603. The van der Waals surface area contributed by atoms with Crippen LogP contribution in [0, 0.1) is 6.92 Å². The van der Waals surface area contributed by atoms with E-state index in [1.807, 2.05) is 37.3 Å². The average Bonchev–Trinajstić information content (AvgIpc) is 2.75. The van der Waals surface area contributed by atoms with Gasteiger partial charge in [-0.3, -0.25) is 0 Å². The van der Waals surface area contributed by atoms with Gasteiger partial charge >= 0.3 is 0 Å². The van der Waals surface area contributed by atoms with Crippen molar-refractivity contribution < 1.29 is 9.52 Å². The van der Waals surface area contributed by atoms with Gasteiger partial charge in [-0.2, -0.15) is 0 Å². The Hall–Kier alpha value is -1.54. The number of rotatable bonds is 3. The summed E-state index contributed by atoms with van der Waals surface area (Å²) >= 11 is 0. The van der Waals surface area contributed by atoms with Crippen LogP contribution >= 0.6 is 0 Å². The van der Waals surface area contributed by atoms with Gasteiger partial charge in [0.2, 0.25) is 0 Å². The normalized spacial score (nSPS) is 12.7. The maximum atomic E-state index is 10.1. The topological polar surface area (TPSA) is 33.4 Å². The van der Waals surface area contributed by atoms with Crippen molar-refractivity contribution in [2.24, 2.45) is 0 Å². The maximum Gasteiger partial charge on any atom is 0.137 e. The van der Waals surface area contributed by atoms with Crippen molar-refractivity contribution in [3.8, 4) is 0 Å². The summed E-state index contributed by atoms with van der Waals surface area (Å²) in [6.45, 7) is 3.97. The van der Waals surface area contributed by atoms with Gasteiger partial charge in [0.15, 0.2) is 0 Å². The molecular formula is C14H16O2. The largest absolute Gasteiger partial charge is 0.463 e. The molecule has 2 heteroatoms. The number of aryl methyl sites for hydroxylation is 2. The lowest BCUT2D eigenvalue weighted by Gasteiger charge is -2.09. The van der Waals surface area contributed by atoms with Gasteiger partial charge in [-0.15, -0.1) is 0 Å². The lowest BCUT2D eigenvalue weighted by Crippen LogP contribution is -1.98. The third-order valence-corrected chi connectivity index (χ3v) is 2.71. The molecule has 1 aromatic heterocycles. The molecule has 0 saturated carbocycles. The molecule has 2 nitrogen and oxygen atoms in total. The van der Waals surface area contributed by atoms with Gasteiger partial charge in [0.05, 0.1) is 0 Å². The number of hydrogen-bond donors (Lipinski definition) is 1. The summed E-state index contributed by atoms with van der Waals surface area (Å²) in [4.78, 5) is 0. The second-order valence-corrected chi connectivity index (χ2v) is 3.95. The maximum absolute atomic E-state index is 10.1. The zero-order valence-corrected chi connectivity index (χ0v) is 9.60. The average molecular weight is 216 g/mol. The first-order chi connectivity index (χ1) is 7.70. The summed E-state index contributed by atoms with van der Waals surface area (Å²) in [5.74, 6) is 1.42. The highest BCUT2D eigenvalue weighted by Crippen LogP contribution is 2.24. The Morgan fingerprint density at radius 1 is 1.25 bits per heavy atom. The number of benzene rings is 1. The fourth-order valence-corrected chi connectivity index (χ4v) is 1.75. The van der Waals surface area contributed by atoms with Crippen molar-refractivity contribution in [3.63, 3.8) is 0 Å². The fraction of sp³-hybridized carbons (Fsp3) is 0.286. The van der Waals surface area contributed by atoms with Gasteiger partial charge < -0.3 is 9.52 Å². The van der Waals surface area contributed by atoms with E-state index < -0.39 is 6.10 Å². The predicted molar refractivity (Wildman–Crippen MR) is 63.3 cm³/mol. The van der Waals surface area contributed by atoms with Crippen molar-refractivity contribution in [1.82, 2.24) is 0 Å². The van der Waals surface area contributed by atoms with Crippen LogP contribution in [0.2, 0.25) is 0 Å². The SMILES string of the molecule is CCc1cccc(C(O)c2ccc(C)o2)c1. The quantitative estimate of drug-likeness (QED) is 0.854. The smallest absolute Gasteiger partial charge is 0.137 e. The molecule has 0 aliphatic rings. The minimum atomic E-state index is -0.666. The van der Waals surface area contributed by atoms with Crippen molar-refractivity contribution >= 4 is 0 Å². The van der Waals surface area contributed by atoms with Crippen LogP contribution in [0.4, 0.5) is 0 Å². The number of aliphatic hydroxyl groups is 1. The molecule has 0 aliphatic heterocycles. The zero-order chi connectivity index (χ0) is 11.5. The molecule has 84 valence electrons. The van der Waals surface area contributed by atoms with Gasteiger partial charge in [0.1, 0.15) is 17.6 Å². The molecule has 0 aliphatic carbocycles. The van der Waals surface area contributed by atoms with Crippen LogP contribution in [0.3, 0.4) is 0 Å². The fourth-order valence-electron chi connectivity index (χ4n) is 1.75. The second-order valence-electron chi connectivity index (χ2n) is 3.95. The molecule has 1 aromatic carbocycles. The van der Waals surface area contributed by atoms with E-state index in [0.717, 1.165) is 17.7 Å². The first kappa shape index (κ1) is 11.0. The highest BCUT2D eigenvalue weighted by molar-refractivity contribution is 5.29. The Balaban J connectivity index is 2.29. The first-order valence-corrected chi connectivity index (χ1v) is 5.54. The van der Waals surface area contributed by atoms with Gasteiger partial charge in [0.25, 0.3) is 0 Å². The van der Waals surface area contributed by atoms with Crippen molar-refractivity contribution in [1.29, 1.82) is 0 Å². The van der Waals surface area contributed by atoms with Crippen LogP contribution in [0.15, 0.2) is 40.8 Å². The molecule has 1 N–H and O–H groups in total. The van der Waals surface area contributed by atoms with Crippen LogP contribution in [-0.2, 0) is 6.42 Å². The van der Waals surface area contributed by atoms with Crippen LogP contribution in [-0.4, -0.2) is 5.11 Å². The highest BCUT2D eigenvalue weighted by atomic mass is 16.4. The third-order valence-electron chi connectivity index (χ3n) is 2.71. The van der Waals surface area contributed by atoms with Crippen LogP contribution in [0.5, 0.6) is 0 Å². The molecule has 1 heterocycles. The molecular weight excluding hydrogens is 200 g/mol. The van der Waals surface area contributed by atoms with Crippen molar-refractivity contribution in [2.75, 3.05) is 0 Å². The van der Waals surface area contributed by atoms with Crippen LogP contribution in [0.1, 0.15) is 35.7 Å². The second kappa shape index (κ2) is 4.54. The van der Waals surface area contributed by atoms with Gasteiger partial charge in [-0.25, -0.2) is 0 Å². The Kier molecular flexibility index (Phi) is 3.11. The van der Waals surface area contributed by atoms with Crippen LogP contribution in [0.25, 0.3) is 0 Å². The first-order valence-electron chi connectivity index (χ1n) is 5.54. The molecule has 2 rings (SSSR count). The Labute approximate surface area is 95.5 Å². The van der Waals surface area contributed by atoms with E-state index in [1.165, 1.54) is 5.56 Å². The van der Waals surface area contributed by atoms with Crippen molar-refractivity contribution in [2.45, 2.75) is 26.4 Å². The highest BCUT2D eigenvalue weighted by Gasteiger charge is 2.13. The summed E-state index contributed by atoms with van der Waals surface area (Å²) in [6.07, 6.45) is 0.304. The molecule has 16 heavy (non-hydrogen) atoms. The van der Waals surface area contributed by atoms with Gasteiger partial charge in [-0.05, 0) is 36.6 Å². The van der Waals surface area contributed by atoms with Crippen LogP contribution < -0.4 is 0 Å². The van der Waals surface area contributed by atoms with E-state index in [4.69, 9.17) is 4.42 Å². The molecule has 1 atom stereocenters. The number of aliphatic hydroxyl groups excluding tert-OH is 1. The third kappa shape index (κ3) is 2.17. The van der Waals surface area contributed by atoms with E-state index in [2.05, 4.69) is 13.0 Å². The monoisotopic (exact) mass is 216 g/mol. The molecule has 0 fully saturated rings. The standard InChI is InChI=1S/C14H16O2/c1-3-11-5-4-6-12(9-11)14(15)13-8-7-10(2)16-13/h4-9,14-15H,3H2,1-2H3. The Morgan fingerprint density at radius 2 is 2.06 bits per heavy atom. The lowest BCUT2D eigenvalue weighted by molar-refractivity contribution is 0.187. The van der Waals surface area contributed by atoms with E-state index in [0.29, 0.717) is 5.76 Å². The molecule has 0 saturated heterocycles.